The molecule has 4 N–H and O–H groups in total. The Morgan fingerprint density at radius 1 is 1.33 bits per heavy atom. The van der Waals surface area contributed by atoms with Gasteiger partial charge in [0, 0.05) is 39.4 Å². The number of hydrogen-bond donors (Lipinski definition) is 2. The molecule has 0 saturated carbocycles. The molecule has 1 rings (SSSR count). The van der Waals surface area contributed by atoms with Crippen molar-refractivity contribution >= 4 is 17.9 Å². The Morgan fingerprint density at radius 2 is 2.04 bits per heavy atom. The molecule has 0 bridgehead atoms. The Hall–Kier alpha value is -2.28. The van der Waals surface area contributed by atoms with Crippen molar-refractivity contribution in [3.8, 4) is 0 Å². The molecule has 1 aromatic heterocycles. The van der Waals surface area contributed by atoms with Crippen molar-refractivity contribution in [1.29, 1.82) is 0 Å². The number of anilines is 1. The van der Waals surface area contributed by atoms with Gasteiger partial charge in [0.2, 0.25) is 5.96 Å². The van der Waals surface area contributed by atoms with E-state index in [1.165, 1.54) is 5.56 Å². The van der Waals surface area contributed by atoms with Gasteiger partial charge in [-0.25, -0.2) is 4.98 Å². The van der Waals surface area contributed by atoms with Crippen molar-refractivity contribution in [3.63, 3.8) is 0 Å². The van der Waals surface area contributed by atoms with Crippen molar-refractivity contribution in [2.75, 3.05) is 32.1 Å². The van der Waals surface area contributed by atoms with Gasteiger partial charge < -0.3 is 26.1 Å². The first kappa shape index (κ1) is 22.8. The third-order valence-electron chi connectivity index (χ3n) is 4.72. The maximum absolute atomic E-state index is 5.88. The first-order valence-corrected chi connectivity index (χ1v) is 9.63. The monoisotopic (exact) mass is 376 g/mol. The highest BCUT2D eigenvalue weighted by Crippen LogP contribution is 2.25. The molecule has 7 nitrogen and oxygen atoms in total. The number of aromatic nitrogens is 1. The van der Waals surface area contributed by atoms with E-state index in [1.54, 1.807) is 7.11 Å². The van der Waals surface area contributed by atoms with Crippen LogP contribution in [0, 0.1) is 0 Å². The summed E-state index contributed by atoms with van der Waals surface area (Å²) < 4.78 is 5.60. The van der Waals surface area contributed by atoms with E-state index in [0.29, 0.717) is 12.5 Å². The van der Waals surface area contributed by atoms with E-state index in [4.69, 9.17) is 21.3 Å². The molecule has 0 aliphatic rings. The number of allylic oxidation sites excluding steroid dienone is 1. The molecule has 1 heterocycles. The van der Waals surface area contributed by atoms with E-state index in [1.807, 2.05) is 24.9 Å². The summed E-state index contributed by atoms with van der Waals surface area (Å²) in [5.41, 5.74) is 9.19. The van der Waals surface area contributed by atoms with Crippen molar-refractivity contribution in [3.05, 3.63) is 29.0 Å². The number of hydrogen-bond acceptors (Lipinski definition) is 5. The minimum Gasteiger partial charge on any atom is -0.380 e. The smallest absolute Gasteiger partial charge is 0.213 e. The first-order chi connectivity index (χ1) is 12.9. The fourth-order valence-electron chi connectivity index (χ4n) is 3.00. The molecule has 0 amide bonds. The second-order valence-corrected chi connectivity index (χ2v) is 6.52. The normalized spacial score (nSPS) is 13.2. The van der Waals surface area contributed by atoms with Crippen molar-refractivity contribution in [2.45, 2.75) is 53.2 Å². The summed E-state index contributed by atoms with van der Waals surface area (Å²) in [6.45, 7) is 10.6. The van der Waals surface area contributed by atoms with E-state index in [2.05, 4.69) is 42.9 Å². The van der Waals surface area contributed by atoms with Gasteiger partial charge >= 0.3 is 0 Å². The molecule has 1 aromatic rings. The fraction of sp³-hybridized carbons (Fsp3) is 0.600. The minimum absolute atomic E-state index is 0.157. The van der Waals surface area contributed by atoms with Crippen molar-refractivity contribution < 1.29 is 4.74 Å². The van der Waals surface area contributed by atoms with Gasteiger partial charge in [0.15, 0.2) is 0 Å². The number of pyridine rings is 1. The number of aryl methyl sites for hydroxylation is 1. The number of nitrogens with two attached hydrogens (primary N) is 2. The van der Waals surface area contributed by atoms with Gasteiger partial charge in [-0.2, -0.15) is 0 Å². The lowest BCUT2D eigenvalue weighted by molar-refractivity contribution is 0.104. The molecular formula is C20H36N6O. The Bertz CT molecular complexity index is 640. The molecule has 0 spiro atoms. The van der Waals surface area contributed by atoms with Gasteiger partial charge in [-0.15, -0.1) is 5.10 Å². The average Bonchev–Trinajstić information content (AvgIpc) is 2.69. The summed E-state index contributed by atoms with van der Waals surface area (Å²) in [6, 6.07) is 2.22. The molecule has 0 radical (unpaired) electrons. The maximum Gasteiger partial charge on any atom is 0.213 e. The number of hydrazone groups is 1. The zero-order valence-electron chi connectivity index (χ0n) is 17.7. The lowest BCUT2D eigenvalue weighted by atomic mass is 10.1. The third-order valence-corrected chi connectivity index (χ3v) is 4.72. The van der Waals surface area contributed by atoms with E-state index >= 15 is 0 Å². The second kappa shape index (κ2) is 11.4. The Morgan fingerprint density at radius 3 is 2.52 bits per heavy atom. The molecule has 7 heteroatoms. The molecular weight excluding hydrogens is 340 g/mol. The van der Waals surface area contributed by atoms with Gasteiger partial charge in [0.05, 0.1) is 11.8 Å². The SMILES string of the molecule is C/C=C\c1nc(N(CC)CC(CC)OC)c(CN(C)/C(N)=N/N)cc1CC. The molecule has 1 unspecified atom stereocenters. The van der Waals surface area contributed by atoms with Gasteiger partial charge in [0.1, 0.15) is 5.82 Å². The molecule has 27 heavy (non-hydrogen) atoms. The van der Waals surface area contributed by atoms with Crippen LogP contribution in [0.5, 0.6) is 0 Å². The van der Waals surface area contributed by atoms with Crippen LogP contribution in [0.4, 0.5) is 5.82 Å². The Labute approximate surface area is 164 Å². The van der Waals surface area contributed by atoms with Gasteiger partial charge in [-0.1, -0.05) is 19.9 Å². The van der Waals surface area contributed by atoms with E-state index in [0.717, 1.165) is 43.0 Å². The quantitative estimate of drug-likeness (QED) is 0.282. The topological polar surface area (TPSA) is 93.0 Å². The predicted molar refractivity (Wildman–Crippen MR) is 115 cm³/mol. The van der Waals surface area contributed by atoms with Crippen molar-refractivity contribution in [2.24, 2.45) is 16.7 Å². The molecule has 0 aliphatic carbocycles. The predicted octanol–water partition coefficient (Wildman–Crippen LogP) is 2.55. The molecule has 0 aromatic carbocycles. The van der Waals surface area contributed by atoms with Crippen molar-refractivity contribution in [1.82, 2.24) is 9.88 Å². The first-order valence-electron chi connectivity index (χ1n) is 9.63. The molecule has 0 fully saturated rings. The maximum atomic E-state index is 5.88. The highest BCUT2D eigenvalue weighted by atomic mass is 16.5. The second-order valence-electron chi connectivity index (χ2n) is 6.52. The Kier molecular flexibility index (Phi) is 9.64. The summed E-state index contributed by atoms with van der Waals surface area (Å²) in [6.07, 6.45) is 6.10. The highest BCUT2D eigenvalue weighted by molar-refractivity contribution is 5.77. The number of rotatable bonds is 10. The fourth-order valence-corrected chi connectivity index (χ4v) is 3.00. The molecule has 1 atom stereocenters. The lowest BCUT2D eigenvalue weighted by Crippen LogP contribution is -2.37. The molecule has 0 saturated heterocycles. The van der Waals surface area contributed by atoms with Crippen LogP contribution >= 0.6 is 0 Å². The summed E-state index contributed by atoms with van der Waals surface area (Å²) >= 11 is 0. The summed E-state index contributed by atoms with van der Waals surface area (Å²) in [5, 5.41) is 3.60. The van der Waals surface area contributed by atoms with E-state index in [-0.39, 0.29) is 6.10 Å². The number of ether oxygens (including phenoxy) is 1. The van der Waals surface area contributed by atoms with Crippen LogP contribution in [0.1, 0.15) is 50.9 Å². The van der Waals surface area contributed by atoms with Crippen LogP contribution in [0.25, 0.3) is 6.08 Å². The number of guanidine groups is 1. The third kappa shape index (κ3) is 6.13. The van der Waals surface area contributed by atoms with Crippen LogP contribution in [-0.2, 0) is 17.7 Å². The summed E-state index contributed by atoms with van der Waals surface area (Å²) in [5.74, 6) is 6.59. The van der Waals surface area contributed by atoms with Gasteiger partial charge in [-0.05, 0) is 44.4 Å². The zero-order valence-corrected chi connectivity index (χ0v) is 17.7. The van der Waals surface area contributed by atoms with E-state index in [9.17, 15) is 0 Å². The minimum atomic E-state index is 0.157. The highest BCUT2D eigenvalue weighted by Gasteiger charge is 2.19. The summed E-state index contributed by atoms with van der Waals surface area (Å²) in [7, 11) is 3.63. The van der Waals surface area contributed by atoms with Gasteiger partial charge in [-0.3, -0.25) is 0 Å². The Balaban J connectivity index is 3.43. The molecule has 0 aliphatic heterocycles. The standard InChI is InChI=1S/C20H36N6O/c1-7-11-18-15(8-2)12-16(13-25(5)20(21)24-22)19(23-18)26(10-4)14-17(9-3)27-6/h7,11-12,17H,8-10,13-14,22H2,1-6H3,(H2,21,24)/b11-7-. The van der Waals surface area contributed by atoms with Crippen LogP contribution < -0.4 is 16.5 Å². The number of likely N-dealkylation sites (N-methyl/N-ethyl adjacent to an activating group) is 1. The average molecular weight is 377 g/mol. The van der Waals surface area contributed by atoms with Crippen LogP contribution in [0.2, 0.25) is 0 Å². The lowest BCUT2D eigenvalue weighted by Gasteiger charge is -2.30. The number of nitrogens with zero attached hydrogens (tertiary/aromatic N) is 4. The zero-order chi connectivity index (χ0) is 20.4. The number of methoxy groups -OCH3 is 1. The largest absolute Gasteiger partial charge is 0.380 e. The van der Waals surface area contributed by atoms with Gasteiger partial charge in [0.25, 0.3) is 0 Å². The summed E-state index contributed by atoms with van der Waals surface area (Å²) in [4.78, 5) is 9.11. The van der Waals surface area contributed by atoms with Crippen LogP contribution in [0.15, 0.2) is 17.2 Å². The van der Waals surface area contributed by atoms with Crippen LogP contribution in [-0.4, -0.2) is 49.2 Å². The van der Waals surface area contributed by atoms with E-state index < -0.39 is 0 Å². The van der Waals surface area contributed by atoms with Crippen LogP contribution in [0.3, 0.4) is 0 Å². The molecule has 152 valence electrons.